The number of rotatable bonds is 4. The summed E-state index contributed by atoms with van der Waals surface area (Å²) in [6.07, 6.45) is 1.68. The summed E-state index contributed by atoms with van der Waals surface area (Å²) in [5, 5.41) is 0. The molecule has 1 aromatic heterocycles. The van der Waals surface area contributed by atoms with E-state index in [9.17, 15) is 4.79 Å². The molecule has 0 unspecified atom stereocenters. The molecule has 1 aliphatic rings. The molecule has 0 aliphatic carbocycles. The van der Waals surface area contributed by atoms with E-state index in [0.29, 0.717) is 5.56 Å². The fourth-order valence-corrected chi connectivity index (χ4v) is 3.84. The minimum atomic E-state index is 0.0723. The minimum absolute atomic E-state index is 0.0723. The number of nitrogens with zero attached hydrogens (tertiary/aromatic N) is 3. The van der Waals surface area contributed by atoms with Gasteiger partial charge in [-0.3, -0.25) is 14.7 Å². The van der Waals surface area contributed by atoms with Gasteiger partial charge in [0.25, 0.3) is 5.91 Å². The predicted molar refractivity (Wildman–Crippen MR) is 111 cm³/mol. The predicted octanol–water partition coefficient (Wildman–Crippen LogP) is 3.94. The average Bonchev–Trinajstić information content (AvgIpc) is 2.76. The van der Waals surface area contributed by atoms with Crippen molar-refractivity contribution in [3.05, 3.63) is 101 Å². The van der Waals surface area contributed by atoms with Crippen molar-refractivity contribution in [2.75, 3.05) is 26.2 Å². The van der Waals surface area contributed by atoms with Gasteiger partial charge >= 0.3 is 0 Å². The Labute approximate surface area is 166 Å². The van der Waals surface area contributed by atoms with Crippen LogP contribution >= 0.6 is 0 Å². The zero-order valence-electron chi connectivity index (χ0n) is 16.2. The van der Waals surface area contributed by atoms with Crippen LogP contribution in [0.1, 0.15) is 33.2 Å². The maximum absolute atomic E-state index is 12.8. The molecule has 0 saturated carbocycles. The highest BCUT2D eigenvalue weighted by Gasteiger charge is 2.28. The summed E-state index contributed by atoms with van der Waals surface area (Å²) in [6.45, 7) is 5.07. The molecule has 4 rings (SSSR count). The first-order chi connectivity index (χ1) is 13.7. The molecule has 1 saturated heterocycles. The van der Waals surface area contributed by atoms with E-state index in [1.54, 1.807) is 6.20 Å². The number of hydrogen-bond acceptors (Lipinski definition) is 3. The number of pyridine rings is 1. The van der Waals surface area contributed by atoms with E-state index in [0.717, 1.165) is 31.9 Å². The van der Waals surface area contributed by atoms with Crippen LogP contribution in [0.25, 0.3) is 0 Å². The van der Waals surface area contributed by atoms with Gasteiger partial charge in [0.05, 0.1) is 11.6 Å². The number of carbonyl (C=O) groups is 1. The number of carbonyl (C=O) groups excluding carboxylic acids is 1. The third-order valence-corrected chi connectivity index (χ3v) is 5.36. The van der Waals surface area contributed by atoms with Crippen LogP contribution < -0.4 is 0 Å². The lowest BCUT2D eigenvalue weighted by atomic mass is 9.96. The normalized spacial score (nSPS) is 15.0. The molecule has 28 heavy (non-hydrogen) atoms. The van der Waals surface area contributed by atoms with E-state index >= 15 is 0 Å². The molecule has 1 aliphatic heterocycles. The van der Waals surface area contributed by atoms with E-state index in [-0.39, 0.29) is 11.9 Å². The van der Waals surface area contributed by atoms with Gasteiger partial charge in [0.1, 0.15) is 0 Å². The van der Waals surface area contributed by atoms with E-state index in [1.165, 1.54) is 11.1 Å². The van der Waals surface area contributed by atoms with Crippen molar-refractivity contribution in [2.45, 2.75) is 13.0 Å². The van der Waals surface area contributed by atoms with Crippen molar-refractivity contribution in [1.82, 2.24) is 14.8 Å². The molecule has 0 spiro atoms. The first-order valence-corrected chi connectivity index (χ1v) is 9.78. The number of piperazine rings is 1. The summed E-state index contributed by atoms with van der Waals surface area (Å²) in [5.41, 5.74) is 4.17. The van der Waals surface area contributed by atoms with Crippen molar-refractivity contribution in [3.63, 3.8) is 0 Å². The Kier molecular flexibility index (Phi) is 5.49. The largest absolute Gasteiger partial charge is 0.336 e. The van der Waals surface area contributed by atoms with Gasteiger partial charge in [-0.05, 0) is 30.2 Å². The number of aromatic nitrogens is 1. The van der Waals surface area contributed by atoms with Gasteiger partial charge in [-0.25, -0.2) is 0 Å². The molecule has 0 N–H and O–H groups in total. The number of hydrogen-bond donors (Lipinski definition) is 0. The lowest BCUT2D eigenvalue weighted by molar-refractivity contribution is 0.0597. The summed E-state index contributed by atoms with van der Waals surface area (Å²) < 4.78 is 0. The highest BCUT2D eigenvalue weighted by atomic mass is 16.2. The zero-order chi connectivity index (χ0) is 19.3. The van der Waals surface area contributed by atoms with Crippen molar-refractivity contribution in [1.29, 1.82) is 0 Å². The molecule has 3 aromatic rings. The van der Waals surface area contributed by atoms with Crippen LogP contribution in [0.2, 0.25) is 0 Å². The van der Waals surface area contributed by atoms with Crippen molar-refractivity contribution in [2.24, 2.45) is 0 Å². The Morgan fingerprint density at radius 1 is 0.821 bits per heavy atom. The second-order valence-corrected chi connectivity index (χ2v) is 7.24. The van der Waals surface area contributed by atoms with Gasteiger partial charge in [0, 0.05) is 38.1 Å². The fraction of sp³-hybridized carbons (Fsp3) is 0.250. The number of benzene rings is 2. The summed E-state index contributed by atoms with van der Waals surface area (Å²) >= 11 is 0. The summed E-state index contributed by atoms with van der Waals surface area (Å²) in [4.78, 5) is 21.5. The van der Waals surface area contributed by atoms with Crippen molar-refractivity contribution in [3.8, 4) is 0 Å². The second-order valence-electron chi connectivity index (χ2n) is 7.24. The Bertz CT molecular complexity index is 862. The first kappa shape index (κ1) is 18.4. The average molecular weight is 371 g/mol. The van der Waals surface area contributed by atoms with Crippen LogP contribution in [0.5, 0.6) is 0 Å². The lowest BCUT2D eigenvalue weighted by Crippen LogP contribution is -2.49. The quantitative estimate of drug-likeness (QED) is 0.697. The maximum atomic E-state index is 12.8. The van der Waals surface area contributed by atoms with Crippen molar-refractivity contribution < 1.29 is 4.79 Å². The van der Waals surface area contributed by atoms with E-state index < -0.39 is 0 Å². The fourth-order valence-electron chi connectivity index (χ4n) is 3.84. The Morgan fingerprint density at radius 3 is 1.89 bits per heavy atom. The summed E-state index contributed by atoms with van der Waals surface area (Å²) in [6, 6.07) is 25.2. The van der Waals surface area contributed by atoms with Crippen LogP contribution in [-0.2, 0) is 0 Å². The number of amides is 1. The van der Waals surface area contributed by atoms with E-state index in [2.05, 4.69) is 70.5 Å². The standard InChI is InChI=1S/C24H25N3O/c1-19-12-13-22(18-25-19)24(28)27-16-14-26(15-17-27)23(20-8-4-2-5-9-20)21-10-6-3-7-11-21/h2-13,18,23H,14-17H2,1H3. The molecule has 0 atom stereocenters. The summed E-state index contributed by atoms with van der Waals surface area (Å²) in [5.74, 6) is 0.0723. The lowest BCUT2D eigenvalue weighted by Gasteiger charge is -2.39. The zero-order valence-corrected chi connectivity index (χ0v) is 16.2. The van der Waals surface area contributed by atoms with Gasteiger partial charge in [-0.15, -0.1) is 0 Å². The SMILES string of the molecule is Cc1ccc(C(=O)N2CCN(C(c3ccccc3)c3ccccc3)CC2)cn1. The smallest absolute Gasteiger partial charge is 0.255 e. The minimum Gasteiger partial charge on any atom is -0.336 e. The van der Waals surface area contributed by atoms with Crippen LogP contribution in [-0.4, -0.2) is 46.9 Å². The van der Waals surface area contributed by atoms with Gasteiger partial charge < -0.3 is 4.90 Å². The molecular weight excluding hydrogens is 346 g/mol. The molecule has 2 heterocycles. The molecule has 1 amide bonds. The summed E-state index contributed by atoms with van der Waals surface area (Å²) in [7, 11) is 0. The molecular formula is C24H25N3O. The Balaban J connectivity index is 1.50. The van der Waals surface area contributed by atoms with Crippen molar-refractivity contribution >= 4 is 5.91 Å². The van der Waals surface area contributed by atoms with E-state index in [1.807, 2.05) is 24.0 Å². The van der Waals surface area contributed by atoms with Crippen LogP contribution in [0.15, 0.2) is 79.0 Å². The molecule has 142 valence electrons. The molecule has 4 nitrogen and oxygen atoms in total. The van der Waals surface area contributed by atoms with Crippen LogP contribution in [0.3, 0.4) is 0 Å². The third-order valence-electron chi connectivity index (χ3n) is 5.36. The first-order valence-electron chi connectivity index (χ1n) is 9.78. The van der Waals surface area contributed by atoms with Gasteiger partial charge in [-0.2, -0.15) is 0 Å². The van der Waals surface area contributed by atoms with Gasteiger partial charge in [0.2, 0.25) is 0 Å². The van der Waals surface area contributed by atoms with Gasteiger partial charge in [-0.1, -0.05) is 60.7 Å². The molecule has 1 fully saturated rings. The second kappa shape index (κ2) is 8.36. The van der Waals surface area contributed by atoms with Crippen LogP contribution in [0, 0.1) is 6.92 Å². The third kappa shape index (κ3) is 3.97. The highest BCUT2D eigenvalue weighted by molar-refractivity contribution is 5.94. The molecule has 2 aromatic carbocycles. The van der Waals surface area contributed by atoms with Crippen LogP contribution in [0.4, 0.5) is 0 Å². The Morgan fingerprint density at radius 2 is 1.39 bits per heavy atom. The number of aryl methyl sites for hydroxylation is 1. The highest BCUT2D eigenvalue weighted by Crippen LogP contribution is 2.29. The van der Waals surface area contributed by atoms with E-state index in [4.69, 9.17) is 0 Å². The molecule has 0 bridgehead atoms. The Hall–Kier alpha value is -2.98. The topological polar surface area (TPSA) is 36.4 Å². The molecule has 4 heteroatoms. The monoisotopic (exact) mass is 371 g/mol. The molecule has 0 radical (unpaired) electrons. The maximum Gasteiger partial charge on any atom is 0.255 e. The van der Waals surface area contributed by atoms with Gasteiger partial charge in [0.15, 0.2) is 0 Å².